The zero-order valence-electron chi connectivity index (χ0n) is 15.2. The van der Waals surface area contributed by atoms with Crippen LogP contribution in [-0.4, -0.2) is 45.0 Å². The number of benzene rings is 1. The first-order chi connectivity index (χ1) is 12.8. The molecule has 2 aromatic rings. The van der Waals surface area contributed by atoms with Gasteiger partial charge >= 0.3 is 0 Å². The fourth-order valence-electron chi connectivity index (χ4n) is 4.73. The Balaban J connectivity index is 1.57. The molecule has 0 bridgehead atoms. The predicted octanol–water partition coefficient (Wildman–Crippen LogP) is 2.89. The second-order valence-electron chi connectivity index (χ2n) is 7.86. The van der Waals surface area contributed by atoms with Gasteiger partial charge in [-0.2, -0.15) is 4.68 Å². The largest absolute Gasteiger partial charge is 0.454 e. The Morgan fingerprint density at radius 2 is 1.85 bits per heavy atom. The zero-order valence-corrected chi connectivity index (χ0v) is 15.2. The van der Waals surface area contributed by atoms with Crippen molar-refractivity contribution in [3.63, 3.8) is 0 Å². The van der Waals surface area contributed by atoms with Crippen LogP contribution >= 0.6 is 0 Å². The summed E-state index contributed by atoms with van der Waals surface area (Å²) in [5, 5.41) is 13.0. The van der Waals surface area contributed by atoms with Gasteiger partial charge in [0.05, 0.1) is 11.2 Å². The molecule has 3 heterocycles. The van der Waals surface area contributed by atoms with Crippen LogP contribution in [0.5, 0.6) is 11.5 Å². The molecule has 0 radical (unpaired) electrons. The van der Waals surface area contributed by atoms with E-state index in [2.05, 4.69) is 27.3 Å². The van der Waals surface area contributed by atoms with Crippen LogP contribution in [-0.2, 0) is 5.54 Å². The lowest BCUT2D eigenvalue weighted by atomic mass is 9.75. The quantitative estimate of drug-likeness (QED) is 0.843. The molecule has 2 aliphatic heterocycles. The maximum atomic E-state index is 5.55. The van der Waals surface area contributed by atoms with E-state index in [9.17, 15) is 0 Å². The van der Waals surface area contributed by atoms with E-state index in [4.69, 9.17) is 9.47 Å². The number of tetrazole rings is 1. The molecule has 1 aromatic heterocycles. The normalized spacial score (nSPS) is 28.6. The molecule has 3 aliphatic rings. The van der Waals surface area contributed by atoms with E-state index in [0.717, 1.165) is 54.9 Å². The predicted molar refractivity (Wildman–Crippen MR) is 95.4 cm³/mol. The van der Waals surface area contributed by atoms with Crippen molar-refractivity contribution in [2.45, 2.75) is 51.0 Å². The number of fused-ring (bicyclic) bond motifs is 1. The van der Waals surface area contributed by atoms with Crippen molar-refractivity contribution in [1.82, 2.24) is 25.1 Å². The van der Waals surface area contributed by atoms with Crippen LogP contribution in [0.4, 0.5) is 0 Å². The first-order valence-corrected chi connectivity index (χ1v) is 9.70. The summed E-state index contributed by atoms with van der Waals surface area (Å²) in [6.45, 7) is 4.91. The minimum absolute atomic E-state index is 0.0527. The van der Waals surface area contributed by atoms with Gasteiger partial charge in [-0.25, -0.2) is 0 Å². The molecular formula is C19H25N5O2. The maximum Gasteiger partial charge on any atom is 0.231 e. The Kier molecular flexibility index (Phi) is 3.85. The monoisotopic (exact) mass is 355 g/mol. The van der Waals surface area contributed by atoms with Crippen LogP contribution in [0.1, 0.15) is 51.3 Å². The summed E-state index contributed by atoms with van der Waals surface area (Å²) >= 11 is 0. The topological polar surface area (TPSA) is 65.3 Å². The van der Waals surface area contributed by atoms with Gasteiger partial charge in [0, 0.05) is 6.07 Å². The molecule has 26 heavy (non-hydrogen) atoms. The average Bonchev–Trinajstić information content (AvgIpc) is 3.42. The molecule has 5 rings (SSSR count). The van der Waals surface area contributed by atoms with Crippen LogP contribution < -0.4 is 9.47 Å². The van der Waals surface area contributed by atoms with Crippen LogP contribution in [0, 0.1) is 5.92 Å². The summed E-state index contributed by atoms with van der Waals surface area (Å²) in [4.78, 5) is 2.63. The van der Waals surface area contributed by atoms with Gasteiger partial charge in [0.25, 0.3) is 0 Å². The maximum absolute atomic E-state index is 5.55. The summed E-state index contributed by atoms with van der Waals surface area (Å²) in [5.41, 5.74) is 0.884. The van der Waals surface area contributed by atoms with Gasteiger partial charge in [-0.1, -0.05) is 6.92 Å². The molecule has 138 valence electrons. The van der Waals surface area contributed by atoms with Crippen LogP contribution in [0.15, 0.2) is 18.2 Å². The SMILES string of the molecule is CC1CCC(c2nnnn2-c2ccc3c(c2)OCO3)(N2CCCC2)CC1. The summed E-state index contributed by atoms with van der Waals surface area (Å²) < 4.78 is 12.9. The molecule has 0 atom stereocenters. The third-order valence-corrected chi connectivity index (χ3v) is 6.30. The standard InChI is InChI=1S/C19H25N5O2/c1-14-6-8-19(9-7-14,23-10-2-3-11-23)18-20-21-22-24(18)15-4-5-16-17(12-15)26-13-25-16/h4-5,12,14H,2-3,6-11,13H2,1H3. The van der Waals surface area contributed by atoms with Crippen LogP contribution in [0.3, 0.4) is 0 Å². The average molecular weight is 355 g/mol. The highest BCUT2D eigenvalue weighted by Crippen LogP contribution is 2.45. The number of hydrogen-bond acceptors (Lipinski definition) is 6. The van der Waals surface area contributed by atoms with E-state index in [1.807, 2.05) is 22.9 Å². The smallest absolute Gasteiger partial charge is 0.231 e. The van der Waals surface area contributed by atoms with Crippen molar-refractivity contribution < 1.29 is 9.47 Å². The molecule has 0 amide bonds. The zero-order chi connectivity index (χ0) is 17.6. The lowest BCUT2D eigenvalue weighted by Gasteiger charge is -2.44. The van der Waals surface area contributed by atoms with Gasteiger partial charge in [0.2, 0.25) is 6.79 Å². The molecule has 7 heteroatoms. The molecular weight excluding hydrogens is 330 g/mol. The first kappa shape index (κ1) is 16.1. The highest BCUT2D eigenvalue weighted by atomic mass is 16.7. The van der Waals surface area contributed by atoms with Crippen LogP contribution in [0.25, 0.3) is 5.69 Å². The van der Waals surface area contributed by atoms with E-state index >= 15 is 0 Å². The number of aromatic nitrogens is 4. The van der Waals surface area contributed by atoms with Gasteiger partial charge < -0.3 is 9.47 Å². The van der Waals surface area contributed by atoms with Crippen molar-refractivity contribution in [1.29, 1.82) is 0 Å². The van der Waals surface area contributed by atoms with E-state index in [1.165, 1.54) is 25.7 Å². The first-order valence-electron chi connectivity index (χ1n) is 9.70. The molecule has 0 N–H and O–H groups in total. The van der Waals surface area contributed by atoms with Crippen molar-refractivity contribution in [3.05, 3.63) is 24.0 Å². The van der Waals surface area contributed by atoms with Gasteiger partial charge in [0.15, 0.2) is 17.3 Å². The van der Waals surface area contributed by atoms with Crippen molar-refractivity contribution in [2.24, 2.45) is 5.92 Å². The minimum atomic E-state index is -0.0527. The van der Waals surface area contributed by atoms with Crippen LogP contribution in [0.2, 0.25) is 0 Å². The molecule has 2 fully saturated rings. The highest BCUT2D eigenvalue weighted by molar-refractivity contribution is 5.50. The second kappa shape index (κ2) is 6.23. The van der Waals surface area contributed by atoms with Crippen molar-refractivity contribution in [2.75, 3.05) is 19.9 Å². The van der Waals surface area contributed by atoms with Gasteiger partial charge in [-0.3, -0.25) is 4.90 Å². The van der Waals surface area contributed by atoms with Gasteiger partial charge in [-0.15, -0.1) is 5.10 Å². The number of likely N-dealkylation sites (tertiary alicyclic amines) is 1. The fourth-order valence-corrected chi connectivity index (χ4v) is 4.73. The van der Waals surface area contributed by atoms with Crippen molar-refractivity contribution in [3.8, 4) is 17.2 Å². The number of rotatable bonds is 3. The Hall–Kier alpha value is -2.15. The second-order valence-corrected chi connectivity index (χ2v) is 7.86. The Morgan fingerprint density at radius 1 is 1.08 bits per heavy atom. The van der Waals surface area contributed by atoms with E-state index < -0.39 is 0 Å². The molecule has 1 aliphatic carbocycles. The molecule has 7 nitrogen and oxygen atoms in total. The summed E-state index contributed by atoms with van der Waals surface area (Å²) in [5.74, 6) is 3.30. The molecule has 0 unspecified atom stereocenters. The summed E-state index contributed by atoms with van der Waals surface area (Å²) in [7, 11) is 0. The highest BCUT2D eigenvalue weighted by Gasteiger charge is 2.46. The lowest BCUT2D eigenvalue weighted by molar-refractivity contribution is 0.0455. The van der Waals surface area contributed by atoms with Crippen molar-refractivity contribution >= 4 is 0 Å². The lowest BCUT2D eigenvalue weighted by Crippen LogP contribution is -2.48. The number of hydrogen-bond donors (Lipinski definition) is 0. The Morgan fingerprint density at radius 3 is 2.65 bits per heavy atom. The molecule has 1 saturated heterocycles. The third-order valence-electron chi connectivity index (χ3n) is 6.30. The molecule has 1 aromatic carbocycles. The molecule has 0 spiro atoms. The van der Waals surface area contributed by atoms with Gasteiger partial charge in [0.1, 0.15) is 0 Å². The third kappa shape index (κ3) is 2.48. The Bertz CT molecular complexity index is 791. The number of ether oxygens (including phenoxy) is 2. The summed E-state index contributed by atoms with van der Waals surface area (Å²) in [6, 6.07) is 5.93. The summed E-state index contributed by atoms with van der Waals surface area (Å²) in [6.07, 6.45) is 7.24. The van der Waals surface area contributed by atoms with E-state index in [1.54, 1.807) is 0 Å². The van der Waals surface area contributed by atoms with Gasteiger partial charge in [-0.05, 0) is 80.1 Å². The minimum Gasteiger partial charge on any atom is -0.454 e. The number of nitrogens with zero attached hydrogens (tertiary/aromatic N) is 5. The van der Waals surface area contributed by atoms with E-state index in [-0.39, 0.29) is 12.3 Å². The molecule has 1 saturated carbocycles. The van der Waals surface area contributed by atoms with E-state index in [0.29, 0.717) is 0 Å². The fraction of sp³-hybridized carbons (Fsp3) is 0.632. The Labute approximate surface area is 153 Å².